The van der Waals surface area contributed by atoms with Gasteiger partial charge in [-0.2, -0.15) is 0 Å². The number of benzene rings is 1. The first-order chi connectivity index (χ1) is 7.27. The molecule has 1 aromatic rings. The molecule has 1 aromatic carbocycles. The lowest BCUT2D eigenvalue weighted by Crippen LogP contribution is -2.24. The van der Waals surface area contributed by atoms with E-state index in [1.807, 2.05) is 0 Å². The maximum absolute atomic E-state index is 5.25. The molecule has 2 nitrogen and oxygen atoms in total. The minimum absolute atomic E-state index is 0.454. The van der Waals surface area contributed by atoms with Crippen LogP contribution in [0.3, 0.4) is 0 Å². The minimum Gasteiger partial charge on any atom is -0.384 e. The second-order valence-electron chi connectivity index (χ2n) is 3.87. The van der Waals surface area contributed by atoms with E-state index in [1.165, 1.54) is 11.1 Å². The SMILES string of the molecule is CCNCC(COC)c1ccc(C)cc1. The third kappa shape index (κ3) is 4.02. The molecule has 0 bridgehead atoms. The Kier molecular flexibility index (Phi) is 5.37. The van der Waals surface area contributed by atoms with E-state index in [0.29, 0.717) is 5.92 Å². The van der Waals surface area contributed by atoms with Crippen molar-refractivity contribution in [1.82, 2.24) is 5.32 Å². The van der Waals surface area contributed by atoms with Crippen LogP contribution in [0.4, 0.5) is 0 Å². The molecule has 0 aliphatic heterocycles. The molecular weight excluding hydrogens is 186 g/mol. The molecule has 15 heavy (non-hydrogen) atoms. The van der Waals surface area contributed by atoms with Gasteiger partial charge in [-0.1, -0.05) is 36.8 Å². The fourth-order valence-corrected chi connectivity index (χ4v) is 1.63. The molecule has 1 N–H and O–H groups in total. The van der Waals surface area contributed by atoms with E-state index in [-0.39, 0.29) is 0 Å². The molecule has 1 unspecified atom stereocenters. The average Bonchev–Trinajstić information content (AvgIpc) is 2.25. The number of likely N-dealkylation sites (N-methyl/N-ethyl adjacent to an activating group) is 1. The number of aryl methyl sites for hydroxylation is 1. The first-order valence-corrected chi connectivity index (χ1v) is 5.54. The van der Waals surface area contributed by atoms with Crippen LogP contribution in [0, 0.1) is 6.92 Å². The van der Waals surface area contributed by atoms with Crippen molar-refractivity contribution in [3.8, 4) is 0 Å². The highest BCUT2D eigenvalue weighted by atomic mass is 16.5. The van der Waals surface area contributed by atoms with Crippen LogP contribution in [0.25, 0.3) is 0 Å². The molecule has 0 saturated carbocycles. The zero-order chi connectivity index (χ0) is 11.1. The number of rotatable bonds is 6. The van der Waals surface area contributed by atoms with Gasteiger partial charge in [0.05, 0.1) is 6.61 Å². The predicted octanol–water partition coefficient (Wildman–Crippen LogP) is 2.33. The lowest BCUT2D eigenvalue weighted by molar-refractivity contribution is 0.178. The zero-order valence-electron chi connectivity index (χ0n) is 9.92. The molecule has 0 saturated heterocycles. The van der Waals surface area contributed by atoms with Crippen LogP contribution in [0.5, 0.6) is 0 Å². The van der Waals surface area contributed by atoms with E-state index >= 15 is 0 Å². The molecule has 0 aliphatic carbocycles. The largest absolute Gasteiger partial charge is 0.384 e. The van der Waals surface area contributed by atoms with Crippen molar-refractivity contribution in [1.29, 1.82) is 0 Å². The number of hydrogen-bond donors (Lipinski definition) is 1. The van der Waals surface area contributed by atoms with Gasteiger partial charge in [-0.25, -0.2) is 0 Å². The quantitative estimate of drug-likeness (QED) is 0.773. The van der Waals surface area contributed by atoms with Crippen molar-refractivity contribution in [2.24, 2.45) is 0 Å². The van der Waals surface area contributed by atoms with Crippen LogP contribution >= 0.6 is 0 Å². The summed E-state index contributed by atoms with van der Waals surface area (Å²) in [6.07, 6.45) is 0. The fourth-order valence-electron chi connectivity index (χ4n) is 1.63. The number of hydrogen-bond acceptors (Lipinski definition) is 2. The fraction of sp³-hybridized carbons (Fsp3) is 0.538. The molecule has 0 heterocycles. The van der Waals surface area contributed by atoms with Crippen LogP contribution < -0.4 is 5.32 Å². The Bertz CT molecular complexity index is 268. The maximum atomic E-state index is 5.25. The molecule has 0 aliphatic rings. The summed E-state index contributed by atoms with van der Waals surface area (Å²) in [7, 11) is 1.76. The summed E-state index contributed by atoms with van der Waals surface area (Å²) in [5, 5.41) is 3.37. The monoisotopic (exact) mass is 207 g/mol. The molecule has 2 heteroatoms. The predicted molar refractivity (Wildman–Crippen MR) is 64.3 cm³/mol. The number of nitrogens with one attached hydrogen (secondary N) is 1. The Balaban J connectivity index is 2.65. The van der Waals surface area contributed by atoms with Gasteiger partial charge in [0.15, 0.2) is 0 Å². The zero-order valence-corrected chi connectivity index (χ0v) is 9.92. The van der Waals surface area contributed by atoms with Gasteiger partial charge >= 0.3 is 0 Å². The van der Waals surface area contributed by atoms with Gasteiger partial charge in [0.2, 0.25) is 0 Å². The van der Waals surface area contributed by atoms with Gasteiger partial charge in [-0.05, 0) is 19.0 Å². The molecule has 0 amide bonds. The summed E-state index contributed by atoms with van der Waals surface area (Å²) < 4.78 is 5.25. The van der Waals surface area contributed by atoms with Crippen molar-refractivity contribution >= 4 is 0 Å². The van der Waals surface area contributed by atoms with Crippen LogP contribution in [-0.4, -0.2) is 26.8 Å². The van der Waals surface area contributed by atoms with E-state index < -0.39 is 0 Å². The van der Waals surface area contributed by atoms with Gasteiger partial charge in [0, 0.05) is 19.6 Å². The van der Waals surface area contributed by atoms with Crippen molar-refractivity contribution in [3.05, 3.63) is 35.4 Å². The Labute approximate surface area is 92.6 Å². The third-order valence-electron chi connectivity index (χ3n) is 2.56. The summed E-state index contributed by atoms with van der Waals surface area (Å²) in [4.78, 5) is 0. The van der Waals surface area contributed by atoms with E-state index in [0.717, 1.165) is 19.7 Å². The lowest BCUT2D eigenvalue weighted by Gasteiger charge is -2.16. The van der Waals surface area contributed by atoms with E-state index in [9.17, 15) is 0 Å². The van der Waals surface area contributed by atoms with Gasteiger partial charge in [0.25, 0.3) is 0 Å². The first-order valence-electron chi connectivity index (χ1n) is 5.54. The van der Waals surface area contributed by atoms with Crippen LogP contribution in [0.1, 0.15) is 24.0 Å². The van der Waals surface area contributed by atoms with Crippen LogP contribution in [0.2, 0.25) is 0 Å². The number of ether oxygens (including phenoxy) is 1. The van der Waals surface area contributed by atoms with E-state index in [1.54, 1.807) is 7.11 Å². The summed E-state index contributed by atoms with van der Waals surface area (Å²) >= 11 is 0. The van der Waals surface area contributed by atoms with Crippen molar-refractivity contribution in [3.63, 3.8) is 0 Å². The molecule has 0 aromatic heterocycles. The van der Waals surface area contributed by atoms with Crippen molar-refractivity contribution < 1.29 is 4.74 Å². The summed E-state index contributed by atoms with van der Waals surface area (Å²) in [5.41, 5.74) is 2.65. The van der Waals surface area contributed by atoms with E-state index in [2.05, 4.69) is 43.4 Å². The average molecular weight is 207 g/mol. The smallest absolute Gasteiger partial charge is 0.0543 e. The maximum Gasteiger partial charge on any atom is 0.0543 e. The second-order valence-corrected chi connectivity index (χ2v) is 3.87. The molecule has 1 rings (SSSR count). The summed E-state index contributed by atoms with van der Waals surface area (Å²) in [6.45, 7) is 6.99. The normalized spacial score (nSPS) is 12.7. The van der Waals surface area contributed by atoms with E-state index in [4.69, 9.17) is 4.74 Å². The standard InChI is InChI=1S/C13H21NO/c1-4-14-9-13(10-15-3)12-7-5-11(2)6-8-12/h5-8,13-14H,4,9-10H2,1-3H3. The van der Waals surface area contributed by atoms with Gasteiger partial charge in [-0.3, -0.25) is 0 Å². The molecule has 0 radical (unpaired) electrons. The Morgan fingerprint density at radius 3 is 2.47 bits per heavy atom. The highest BCUT2D eigenvalue weighted by Crippen LogP contribution is 2.16. The minimum atomic E-state index is 0.454. The Hall–Kier alpha value is -0.860. The van der Waals surface area contributed by atoms with Crippen molar-refractivity contribution in [2.75, 3.05) is 26.8 Å². The summed E-state index contributed by atoms with van der Waals surface area (Å²) in [5.74, 6) is 0.454. The van der Waals surface area contributed by atoms with Gasteiger partial charge in [0.1, 0.15) is 0 Å². The molecule has 84 valence electrons. The summed E-state index contributed by atoms with van der Waals surface area (Å²) in [6, 6.07) is 8.70. The number of methoxy groups -OCH3 is 1. The Morgan fingerprint density at radius 1 is 1.27 bits per heavy atom. The van der Waals surface area contributed by atoms with Gasteiger partial charge < -0.3 is 10.1 Å². The molecule has 0 fully saturated rings. The van der Waals surface area contributed by atoms with Gasteiger partial charge in [-0.15, -0.1) is 0 Å². The molecule has 0 spiro atoms. The third-order valence-corrected chi connectivity index (χ3v) is 2.56. The highest BCUT2D eigenvalue weighted by molar-refractivity contribution is 5.24. The van der Waals surface area contributed by atoms with Crippen molar-refractivity contribution in [2.45, 2.75) is 19.8 Å². The topological polar surface area (TPSA) is 21.3 Å². The Morgan fingerprint density at radius 2 is 1.93 bits per heavy atom. The van der Waals surface area contributed by atoms with Crippen LogP contribution in [0.15, 0.2) is 24.3 Å². The molecular formula is C13H21NO. The lowest BCUT2D eigenvalue weighted by atomic mass is 9.99. The first kappa shape index (κ1) is 12.2. The molecule has 1 atom stereocenters. The highest BCUT2D eigenvalue weighted by Gasteiger charge is 2.09. The van der Waals surface area contributed by atoms with Crippen LogP contribution in [-0.2, 0) is 4.74 Å². The second kappa shape index (κ2) is 6.59.